The number of rotatable bonds is 5. The van der Waals surface area contributed by atoms with Crippen molar-refractivity contribution in [2.24, 2.45) is 4.99 Å². The summed E-state index contributed by atoms with van der Waals surface area (Å²) >= 11 is 0. The number of allylic oxidation sites excluding steroid dienone is 1. The van der Waals surface area contributed by atoms with E-state index in [1.807, 2.05) is 0 Å². The largest absolute Gasteiger partial charge is 0.341 e. The lowest BCUT2D eigenvalue weighted by molar-refractivity contribution is 0.187. The van der Waals surface area contributed by atoms with Gasteiger partial charge in [0.2, 0.25) is 0 Å². The Morgan fingerprint density at radius 2 is 1.59 bits per heavy atom. The first-order valence-corrected chi connectivity index (χ1v) is 15.9. The van der Waals surface area contributed by atoms with E-state index in [4.69, 9.17) is 9.98 Å². The molecule has 0 saturated carbocycles. The third kappa shape index (κ3) is 4.52. The van der Waals surface area contributed by atoms with Gasteiger partial charge >= 0.3 is 0 Å². The van der Waals surface area contributed by atoms with E-state index < -0.39 is 0 Å². The van der Waals surface area contributed by atoms with E-state index in [-0.39, 0.29) is 5.41 Å². The number of aliphatic imine (C=N–C) groups is 1. The zero-order valence-corrected chi connectivity index (χ0v) is 24.3. The molecule has 6 nitrogen and oxygen atoms in total. The van der Waals surface area contributed by atoms with E-state index in [1.54, 1.807) is 11.1 Å². The van der Waals surface area contributed by atoms with Crippen molar-refractivity contribution >= 4 is 11.3 Å². The number of H-pyrrole nitrogens is 1. The van der Waals surface area contributed by atoms with Gasteiger partial charge < -0.3 is 20.5 Å². The lowest BCUT2D eigenvalue weighted by atomic mass is 9.71. The van der Waals surface area contributed by atoms with Crippen molar-refractivity contribution in [3.05, 3.63) is 71.3 Å². The first kappa shape index (κ1) is 25.6. The molecular formula is C35H42N6. The molecule has 4 aliphatic heterocycles. The normalized spacial score (nSPS) is 25.6. The molecule has 1 aliphatic carbocycles. The molecule has 2 atom stereocenters. The molecule has 3 N–H and O–H groups in total. The third-order valence-electron chi connectivity index (χ3n) is 10.7. The van der Waals surface area contributed by atoms with Crippen molar-refractivity contribution in [3.63, 3.8) is 0 Å². The molecule has 6 heteroatoms. The molecule has 41 heavy (non-hydrogen) atoms. The van der Waals surface area contributed by atoms with Crippen LogP contribution in [0.15, 0.2) is 53.8 Å². The van der Waals surface area contributed by atoms with Crippen molar-refractivity contribution in [1.29, 1.82) is 0 Å². The Bertz CT molecular complexity index is 1490. The molecule has 0 bridgehead atoms. The van der Waals surface area contributed by atoms with Crippen molar-refractivity contribution in [2.75, 3.05) is 33.2 Å². The van der Waals surface area contributed by atoms with Crippen LogP contribution in [0.25, 0.3) is 28.0 Å². The molecule has 3 saturated heterocycles. The number of imidazole rings is 1. The molecule has 5 heterocycles. The van der Waals surface area contributed by atoms with Gasteiger partial charge in [-0.25, -0.2) is 4.98 Å². The molecular weight excluding hydrogens is 504 g/mol. The number of piperidine rings is 1. The molecule has 0 unspecified atom stereocenters. The molecule has 1 spiro atoms. The number of likely N-dealkylation sites (tertiary alicyclic amines) is 1. The van der Waals surface area contributed by atoms with Crippen LogP contribution in [0, 0.1) is 0 Å². The maximum Gasteiger partial charge on any atom is 0.123 e. The van der Waals surface area contributed by atoms with Crippen LogP contribution in [-0.4, -0.2) is 59.8 Å². The van der Waals surface area contributed by atoms with Crippen LogP contribution in [0.3, 0.4) is 0 Å². The van der Waals surface area contributed by atoms with E-state index in [0.717, 1.165) is 31.8 Å². The van der Waals surface area contributed by atoms with E-state index in [0.29, 0.717) is 12.1 Å². The number of benzene rings is 2. The van der Waals surface area contributed by atoms with Crippen molar-refractivity contribution < 1.29 is 0 Å². The van der Waals surface area contributed by atoms with Crippen LogP contribution in [0.1, 0.15) is 79.9 Å². The van der Waals surface area contributed by atoms with Crippen molar-refractivity contribution in [3.8, 4) is 22.4 Å². The number of fused-ring (bicyclic) bond motifs is 2. The zero-order chi connectivity index (χ0) is 27.4. The highest BCUT2D eigenvalue weighted by Gasteiger charge is 2.43. The predicted molar refractivity (Wildman–Crippen MR) is 167 cm³/mol. The number of hydrogen-bond acceptors (Lipinski definition) is 5. The summed E-state index contributed by atoms with van der Waals surface area (Å²) in [4.78, 5) is 15.9. The van der Waals surface area contributed by atoms with Crippen LogP contribution in [0.2, 0.25) is 0 Å². The zero-order valence-electron chi connectivity index (χ0n) is 24.3. The maximum absolute atomic E-state index is 4.83. The van der Waals surface area contributed by atoms with Gasteiger partial charge in [-0.15, -0.1) is 0 Å². The van der Waals surface area contributed by atoms with Gasteiger partial charge in [-0.3, -0.25) is 4.99 Å². The van der Waals surface area contributed by atoms with E-state index in [2.05, 4.69) is 76.4 Å². The second kappa shape index (κ2) is 10.3. The Morgan fingerprint density at radius 1 is 0.854 bits per heavy atom. The lowest BCUT2D eigenvalue weighted by Crippen LogP contribution is -2.39. The average molecular weight is 547 g/mol. The van der Waals surface area contributed by atoms with Gasteiger partial charge in [-0.1, -0.05) is 36.4 Å². The second-order valence-corrected chi connectivity index (χ2v) is 13.1. The van der Waals surface area contributed by atoms with Crippen LogP contribution < -0.4 is 10.6 Å². The molecule has 3 fully saturated rings. The van der Waals surface area contributed by atoms with Crippen LogP contribution in [-0.2, 0) is 11.8 Å². The van der Waals surface area contributed by atoms with Crippen LogP contribution >= 0.6 is 0 Å². The molecule has 0 amide bonds. The Balaban J connectivity index is 1.13. The van der Waals surface area contributed by atoms with Gasteiger partial charge in [-0.2, -0.15) is 0 Å². The summed E-state index contributed by atoms with van der Waals surface area (Å²) in [6.45, 7) is 4.56. The molecule has 5 aliphatic rings. The summed E-state index contributed by atoms with van der Waals surface area (Å²) in [5.74, 6) is 1.09. The van der Waals surface area contributed by atoms with Crippen LogP contribution in [0.5, 0.6) is 0 Å². The van der Waals surface area contributed by atoms with E-state index >= 15 is 0 Å². The third-order valence-corrected chi connectivity index (χ3v) is 10.7. The number of aromatic nitrogens is 2. The standard InChI is InChI=1S/C35H42N6/c1-41-18-14-35(15-19-41)13-12-28-27(32-22-39-34(40-32)30-5-3-17-37-30)11-10-26(33(28)35)24-8-6-23(7-9-24)25-20-31(38-21-25)29-4-2-16-36-29/h6-11,21-22,29-30,36-37H,2-5,12-20H2,1H3,(H,39,40)/t29-,30-/m0/s1. The first-order chi connectivity index (χ1) is 20.2. The quantitative estimate of drug-likeness (QED) is 0.366. The fourth-order valence-electron chi connectivity index (χ4n) is 8.28. The number of aromatic amines is 1. The highest BCUT2D eigenvalue weighted by atomic mass is 15.1. The summed E-state index contributed by atoms with van der Waals surface area (Å²) in [7, 11) is 2.28. The minimum atomic E-state index is 0.271. The van der Waals surface area contributed by atoms with Gasteiger partial charge in [-0.05, 0) is 123 Å². The van der Waals surface area contributed by atoms with E-state index in [1.165, 1.54) is 97.3 Å². The molecule has 1 aromatic heterocycles. The number of nitrogens with one attached hydrogen (secondary N) is 3. The fourth-order valence-corrected chi connectivity index (χ4v) is 8.28. The molecule has 3 aromatic rings. The summed E-state index contributed by atoms with van der Waals surface area (Å²) in [5, 5.41) is 7.21. The van der Waals surface area contributed by atoms with Gasteiger partial charge in [0, 0.05) is 29.9 Å². The molecule has 2 aromatic carbocycles. The highest BCUT2D eigenvalue weighted by molar-refractivity contribution is 6.01. The van der Waals surface area contributed by atoms with Crippen molar-refractivity contribution in [2.45, 2.75) is 75.3 Å². The summed E-state index contributed by atoms with van der Waals surface area (Å²) < 4.78 is 0. The summed E-state index contributed by atoms with van der Waals surface area (Å²) in [5.41, 5.74) is 12.7. The topological polar surface area (TPSA) is 68.3 Å². The Labute approximate surface area is 243 Å². The first-order valence-electron chi connectivity index (χ1n) is 15.9. The summed E-state index contributed by atoms with van der Waals surface area (Å²) in [6, 6.07) is 15.0. The molecule has 0 radical (unpaired) electrons. The van der Waals surface area contributed by atoms with Gasteiger partial charge in [0.1, 0.15) is 5.82 Å². The monoisotopic (exact) mass is 546 g/mol. The van der Waals surface area contributed by atoms with Gasteiger partial charge in [0.25, 0.3) is 0 Å². The minimum absolute atomic E-state index is 0.271. The number of nitrogens with zero attached hydrogens (tertiary/aromatic N) is 3. The molecule has 212 valence electrons. The predicted octanol–water partition coefficient (Wildman–Crippen LogP) is 6.02. The smallest absolute Gasteiger partial charge is 0.123 e. The lowest BCUT2D eigenvalue weighted by Gasteiger charge is -2.40. The van der Waals surface area contributed by atoms with Gasteiger partial charge in [0.05, 0.1) is 17.9 Å². The summed E-state index contributed by atoms with van der Waals surface area (Å²) in [6.07, 6.45) is 14.9. The SMILES string of the molecule is CN1CCC2(CCc3c(-c4cnc([C@@H]5CCCN5)[nH]4)ccc(-c4ccc(C5=CN=C([C@@H]6CCCN6)C5)cc4)c32)CC1. The highest BCUT2D eigenvalue weighted by Crippen LogP contribution is 2.52. The number of hydrogen-bond donors (Lipinski definition) is 3. The second-order valence-electron chi connectivity index (χ2n) is 13.1. The minimum Gasteiger partial charge on any atom is -0.341 e. The average Bonchev–Trinajstić information content (AvgIpc) is 3.85. The Kier molecular flexibility index (Phi) is 6.46. The molecule has 8 rings (SSSR count). The van der Waals surface area contributed by atoms with E-state index in [9.17, 15) is 0 Å². The Morgan fingerprint density at radius 3 is 2.34 bits per heavy atom. The maximum atomic E-state index is 4.83. The van der Waals surface area contributed by atoms with Crippen molar-refractivity contribution in [1.82, 2.24) is 25.5 Å². The Hall–Kier alpha value is -3.06. The van der Waals surface area contributed by atoms with Gasteiger partial charge in [0.15, 0.2) is 0 Å². The fraction of sp³-hybridized carbons (Fsp3) is 0.486. The van der Waals surface area contributed by atoms with Crippen LogP contribution in [0.4, 0.5) is 0 Å².